The van der Waals surface area contributed by atoms with Crippen LogP contribution in [0.2, 0.25) is 0 Å². The van der Waals surface area contributed by atoms with E-state index in [-0.39, 0.29) is 21.7 Å². The summed E-state index contributed by atoms with van der Waals surface area (Å²) in [6, 6.07) is 11.6. The van der Waals surface area contributed by atoms with Crippen molar-refractivity contribution in [2.75, 3.05) is 51.8 Å². The second-order valence-electron chi connectivity index (χ2n) is 7.22. The van der Waals surface area contributed by atoms with Crippen LogP contribution in [0.3, 0.4) is 0 Å². The molecule has 0 aliphatic carbocycles. The molecule has 8 nitrogen and oxygen atoms in total. The molecule has 1 aromatic heterocycles. The summed E-state index contributed by atoms with van der Waals surface area (Å²) in [5, 5.41) is 2.83. The highest BCUT2D eigenvalue weighted by Gasteiger charge is 2.28. The number of morpholine rings is 1. The molecule has 0 radical (unpaired) electrons. The first-order valence-corrected chi connectivity index (χ1v) is 11.7. The van der Waals surface area contributed by atoms with Gasteiger partial charge in [0.1, 0.15) is 11.6 Å². The summed E-state index contributed by atoms with van der Waals surface area (Å²) >= 11 is 0. The minimum atomic E-state index is -4.03. The summed E-state index contributed by atoms with van der Waals surface area (Å²) in [6.07, 6.45) is 0. The van der Waals surface area contributed by atoms with E-state index in [2.05, 4.69) is 15.2 Å². The van der Waals surface area contributed by atoms with Crippen molar-refractivity contribution in [1.29, 1.82) is 0 Å². The maximum Gasteiger partial charge on any atom is 0.233 e. The molecule has 2 aromatic carbocycles. The summed E-state index contributed by atoms with van der Waals surface area (Å²) in [4.78, 5) is 6.44. The van der Waals surface area contributed by atoms with Gasteiger partial charge in [-0.2, -0.15) is 4.98 Å². The van der Waals surface area contributed by atoms with Crippen LogP contribution in [0.1, 0.15) is 0 Å². The van der Waals surface area contributed by atoms with Crippen molar-refractivity contribution in [2.24, 2.45) is 0 Å². The molecule has 0 bridgehead atoms. The topological polar surface area (TPSA) is 93.9 Å². The fourth-order valence-electron chi connectivity index (χ4n) is 3.33. The van der Waals surface area contributed by atoms with Crippen molar-refractivity contribution in [3.63, 3.8) is 0 Å². The molecule has 32 heavy (non-hydrogen) atoms. The summed E-state index contributed by atoms with van der Waals surface area (Å²) in [5.74, 6) is 0.339. The number of hydrogen-bond acceptors (Lipinski definition) is 8. The van der Waals surface area contributed by atoms with Crippen molar-refractivity contribution in [2.45, 2.75) is 9.92 Å². The molecule has 10 heteroatoms. The van der Waals surface area contributed by atoms with Gasteiger partial charge >= 0.3 is 0 Å². The number of oxazole rings is 1. The Hall–Kier alpha value is -2.95. The van der Waals surface area contributed by atoms with Gasteiger partial charge in [0.15, 0.2) is 0 Å². The van der Waals surface area contributed by atoms with Gasteiger partial charge in [0.25, 0.3) is 0 Å². The third kappa shape index (κ3) is 4.93. The van der Waals surface area contributed by atoms with E-state index < -0.39 is 15.7 Å². The lowest BCUT2D eigenvalue weighted by molar-refractivity contribution is 0.0398. The zero-order valence-electron chi connectivity index (χ0n) is 17.6. The third-order valence-electron chi connectivity index (χ3n) is 5.13. The van der Waals surface area contributed by atoms with Crippen molar-refractivity contribution in [3.05, 3.63) is 54.3 Å². The summed E-state index contributed by atoms with van der Waals surface area (Å²) in [6.45, 7) is 4.13. The van der Waals surface area contributed by atoms with Crippen molar-refractivity contribution in [3.8, 4) is 17.2 Å². The normalized spacial score (nSPS) is 14.9. The van der Waals surface area contributed by atoms with Gasteiger partial charge in [0.2, 0.25) is 26.6 Å². The van der Waals surface area contributed by atoms with Gasteiger partial charge in [0.05, 0.1) is 25.2 Å². The van der Waals surface area contributed by atoms with Crippen LogP contribution in [0.5, 0.6) is 5.75 Å². The number of aromatic nitrogens is 1. The lowest BCUT2D eigenvalue weighted by Gasteiger charge is -2.26. The lowest BCUT2D eigenvalue weighted by Crippen LogP contribution is -2.39. The van der Waals surface area contributed by atoms with E-state index in [9.17, 15) is 12.8 Å². The van der Waals surface area contributed by atoms with E-state index in [1.807, 2.05) is 0 Å². The fraction of sp³-hybridized carbons (Fsp3) is 0.318. The molecule has 1 fully saturated rings. The molecule has 4 rings (SSSR count). The smallest absolute Gasteiger partial charge is 0.233 e. The highest BCUT2D eigenvalue weighted by atomic mass is 32.2. The van der Waals surface area contributed by atoms with Crippen LogP contribution >= 0.6 is 0 Å². The predicted octanol–water partition coefficient (Wildman–Crippen LogP) is 3.07. The van der Waals surface area contributed by atoms with Gasteiger partial charge in [-0.3, -0.25) is 4.90 Å². The highest BCUT2D eigenvalue weighted by molar-refractivity contribution is 7.91. The Balaban J connectivity index is 1.64. The molecule has 0 spiro atoms. The zero-order chi connectivity index (χ0) is 22.6. The molecule has 0 unspecified atom stereocenters. The molecule has 170 valence electrons. The quantitative estimate of drug-likeness (QED) is 0.512. The Bertz CT molecular complexity index is 1140. The summed E-state index contributed by atoms with van der Waals surface area (Å²) in [5.41, 5.74) is 0.600. The summed E-state index contributed by atoms with van der Waals surface area (Å²) in [7, 11) is -2.47. The number of nitrogens with one attached hydrogen (secondary N) is 1. The number of ether oxygens (including phenoxy) is 2. The average Bonchev–Trinajstić information content (AvgIpc) is 3.25. The average molecular weight is 462 g/mol. The molecule has 1 saturated heterocycles. The number of nitrogens with zero attached hydrogens (tertiary/aromatic N) is 2. The van der Waals surface area contributed by atoms with Crippen molar-refractivity contribution >= 4 is 15.7 Å². The van der Waals surface area contributed by atoms with E-state index in [0.717, 1.165) is 25.2 Å². The Morgan fingerprint density at radius 3 is 2.44 bits per heavy atom. The molecule has 2 heterocycles. The predicted molar refractivity (Wildman–Crippen MR) is 116 cm³/mol. The van der Waals surface area contributed by atoms with Gasteiger partial charge in [-0.05, 0) is 48.5 Å². The number of methoxy groups -OCH3 is 1. The fourth-order valence-corrected chi connectivity index (χ4v) is 4.61. The second-order valence-corrected chi connectivity index (χ2v) is 9.08. The van der Waals surface area contributed by atoms with Crippen molar-refractivity contribution in [1.82, 2.24) is 9.88 Å². The van der Waals surface area contributed by atoms with E-state index in [4.69, 9.17) is 13.9 Å². The van der Waals surface area contributed by atoms with Gasteiger partial charge in [0, 0.05) is 31.7 Å². The van der Waals surface area contributed by atoms with Crippen LogP contribution < -0.4 is 10.1 Å². The number of benzene rings is 2. The number of halogens is 1. The molecular formula is C22H24FN3O5S. The van der Waals surface area contributed by atoms with Crippen LogP contribution in [-0.4, -0.2) is 64.8 Å². The second kappa shape index (κ2) is 9.68. The number of anilines is 1. The first-order valence-electron chi connectivity index (χ1n) is 10.2. The Morgan fingerprint density at radius 2 is 1.78 bits per heavy atom. The molecule has 0 atom stereocenters. The molecule has 3 aromatic rings. The molecule has 1 aliphatic heterocycles. The monoisotopic (exact) mass is 461 g/mol. The molecule has 0 amide bonds. The third-order valence-corrected chi connectivity index (χ3v) is 6.81. The number of sulfone groups is 1. The van der Waals surface area contributed by atoms with Gasteiger partial charge < -0.3 is 19.2 Å². The minimum absolute atomic E-state index is 0.0494. The minimum Gasteiger partial charge on any atom is -0.497 e. The van der Waals surface area contributed by atoms with Gasteiger partial charge in [-0.1, -0.05) is 0 Å². The first-order chi connectivity index (χ1) is 15.5. The maximum atomic E-state index is 13.3. The van der Waals surface area contributed by atoms with Crippen LogP contribution in [0.25, 0.3) is 11.5 Å². The van der Waals surface area contributed by atoms with Crippen LogP contribution in [0.4, 0.5) is 10.3 Å². The van der Waals surface area contributed by atoms with Crippen LogP contribution in [0, 0.1) is 5.82 Å². The number of rotatable bonds is 8. The molecule has 1 N–H and O–H groups in total. The summed E-state index contributed by atoms with van der Waals surface area (Å²) < 4.78 is 56.2. The largest absolute Gasteiger partial charge is 0.497 e. The Labute approximate surface area is 185 Å². The van der Waals surface area contributed by atoms with E-state index in [0.29, 0.717) is 37.6 Å². The van der Waals surface area contributed by atoms with Crippen molar-refractivity contribution < 1.29 is 26.7 Å². The van der Waals surface area contributed by atoms with E-state index in [1.165, 1.54) is 12.1 Å². The molecular weight excluding hydrogens is 437 g/mol. The Kier molecular flexibility index (Phi) is 6.73. The van der Waals surface area contributed by atoms with Crippen LogP contribution in [0.15, 0.2) is 62.9 Å². The lowest BCUT2D eigenvalue weighted by atomic mass is 10.2. The molecule has 1 aliphatic rings. The molecule has 0 saturated carbocycles. The van der Waals surface area contributed by atoms with Crippen LogP contribution in [-0.2, 0) is 14.6 Å². The SMILES string of the molecule is COc1ccc(-c2nc(S(=O)(=O)c3ccc(F)cc3)c(NCCN3CCOCC3)o2)cc1. The van der Waals surface area contributed by atoms with E-state index >= 15 is 0 Å². The standard InChI is InChI=1S/C22H24FN3O5S/c1-29-18-6-2-16(3-7-18)20-25-22(32(27,28)19-8-4-17(23)5-9-19)21(31-20)24-10-11-26-12-14-30-15-13-26/h2-9,24H,10-15H2,1H3. The van der Waals surface area contributed by atoms with Gasteiger partial charge in [-0.25, -0.2) is 12.8 Å². The first kappa shape index (κ1) is 22.3. The highest BCUT2D eigenvalue weighted by Crippen LogP contribution is 2.33. The zero-order valence-corrected chi connectivity index (χ0v) is 18.4. The number of hydrogen-bond donors (Lipinski definition) is 1. The van der Waals surface area contributed by atoms with E-state index in [1.54, 1.807) is 31.4 Å². The van der Waals surface area contributed by atoms with Gasteiger partial charge in [-0.15, -0.1) is 0 Å². The maximum absolute atomic E-state index is 13.3. The Morgan fingerprint density at radius 1 is 1.09 bits per heavy atom.